The Labute approximate surface area is 175 Å². The van der Waals surface area contributed by atoms with Crippen LogP contribution >= 0.6 is 21.6 Å². The van der Waals surface area contributed by atoms with E-state index in [2.05, 4.69) is 10.6 Å². The van der Waals surface area contributed by atoms with Gasteiger partial charge in [-0.05, 0) is 41.5 Å². The highest BCUT2D eigenvalue weighted by atomic mass is 33.1. The maximum atomic E-state index is 12.2. The minimum absolute atomic E-state index is 0.250. The third-order valence-corrected chi connectivity index (χ3v) is 5.11. The Bertz CT molecular complexity index is 519. The van der Waals surface area contributed by atoms with Gasteiger partial charge in [0.25, 0.3) is 0 Å². The second kappa shape index (κ2) is 11.5. The van der Waals surface area contributed by atoms with Crippen molar-refractivity contribution in [1.82, 2.24) is 10.6 Å². The highest BCUT2D eigenvalue weighted by Gasteiger charge is 2.28. The molecule has 0 aromatic carbocycles. The molecule has 2 amide bonds. The van der Waals surface area contributed by atoms with E-state index in [4.69, 9.17) is 9.47 Å². The maximum absolute atomic E-state index is 12.2. The number of carbonyl (C=O) groups is 4. The van der Waals surface area contributed by atoms with Crippen LogP contribution in [0.4, 0.5) is 0 Å². The van der Waals surface area contributed by atoms with Crippen molar-refractivity contribution in [2.24, 2.45) is 0 Å². The summed E-state index contributed by atoms with van der Waals surface area (Å²) in [5.74, 6) is -1.24. The van der Waals surface area contributed by atoms with Gasteiger partial charge in [0, 0.05) is 25.4 Å². The van der Waals surface area contributed by atoms with Gasteiger partial charge < -0.3 is 20.1 Å². The summed E-state index contributed by atoms with van der Waals surface area (Å²) in [7, 11) is 2.58. The van der Waals surface area contributed by atoms with E-state index in [1.165, 1.54) is 35.4 Å². The summed E-state index contributed by atoms with van der Waals surface area (Å²) in [4.78, 5) is 47.2. The molecule has 0 heterocycles. The fraction of sp³-hybridized carbons (Fsp3) is 0.778. The van der Waals surface area contributed by atoms with Gasteiger partial charge in [-0.3, -0.25) is 9.59 Å². The predicted molar refractivity (Wildman–Crippen MR) is 112 cm³/mol. The standard InChI is InChI=1S/C18H32N2O6S2/c1-11(21)19-13(15(23)25-17(3,4)5)9-27-28-10-14(20-12(2)22)16(24)26-18(6,7)8/h13-14H,9-10H2,1-8H3,(H,19,21)(H,20,22)/t13-,14-/m0/s1. The Kier molecular flexibility index (Phi) is 11.0. The molecule has 0 aromatic heterocycles. The molecule has 0 radical (unpaired) electrons. The van der Waals surface area contributed by atoms with Gasteiger partial charge >= 0.3 is 11.9 Å². The predicted octanol–water partition coefficient (Wildman–Crippen LogP) is 2.06. The van der Waals surface area contributed by atoms with Crippen molar-refractivity contribution in [2.45, 2.75) is 78.7 Å². The van der Waals surface area contributed by atoms with E-state index in [-0.39, 0.29) is 23.3 Å². The normalized spacial score (nSPS) is 13.9. The zero-order valence-corrected chi connectivity index (χ0v) is 19.5. The molecule has 8 nitrogen and oxygen atoms in total. The molecule has 0 rings (SSSR count). The minimum atomic E-state index is -0.810. The van der Waals surface area contributed by atoms with Crippen molar-refractivity contribution < 1.29 is 28.7 Å². The van der Waals surface area contributed by atoms with E-state index in [0.29, 0.717) is 0 Å². The topological polar surface area (TPSA) is 111 Å². The lowest BCUT2D eigenvalue weighted by Gasteiger charge is -2.25. The number of ether oxygens (including phenoxy) is 2. The molecule has 2 N–H and O–H groups in total. The molecule has 0 unspecified atom stereocenters. The number of carbonyl (C=O) groups excluding carboxylic acids is 4. The number of nitrogens with one attached hydrogen (secondary N) is 2. The molecular weight excluding hydrogens is 404 g/mol. The molecule has 0 aliphatic heterocycles. The third kappa shape index (κ3) is 13.7. The van der Waals surface area contributed by atoms with Crippen LogP contribution in [0.2, 0.25) is 0 Å². The Hall–Kier alpha value is -1.42. The van der Waals surface area contributed by atoms with E-state index in [1.54, 1.807) is 41.5 Å². The smallest absolute Gasteiger partial charge is 0.330 e. The van der Waals surface area contributed by atoms with Gasteiger partial charge in [-0.15, -0.1) is 0 Å². The van der Waals surface area contributed by atoms with Crippen LogP contribution in [-0.2, 0) is 28.7 Å². The molecule has 0 fully saturated rings. The number of rotatable bonds is 9. The highest BCUT2D eigenvalue weighted by molar-refractivity contribution is 8.76. The Morgan fingerprint density at radius 3 is 1.21 bits per heavy atom. The van der Waals surface area contributed by atoms with Gasteiger partial charge in [0.2, 0.25) is 11.8 Å². The lowest BCUT2D eigenvalue weighted by Crippen LogP contribution is -2.45. The Balaban J connectivity index is 4.77. The largest absolute Gasteiger partial charge is 0.458 e. The van der Waals surface area contributed by atoms with E-state index in [1.807, 2.05) is 0 Å². The zero-order chi connectivity index (χ0) is 22.1. The molecule has 0 aliphatic rings. The first-order valence-electron chi connectivity index (χ1n) is 8.85. The molecular formula is C18H32N2O6S2. The van der Waals surface area contributed by atoms with Gasteiger partial charge in [-0.2, -0.15) is 0 Å². The first-order valence-corrected chi connectivity index (χ1v) is 11.3. The molecule has 0 aliphatic carbocycles. The Morgan fingerprint density at radius 1 is 0.714 bits per heavy atom. The average Bonchev–Trinajstić information content (AvgIpc) is 2.44. The zero-order valence-electron chi connectivity index (χ0n) is 17.8. The van der Waals surface area contributed by atoms with Crippen molar-refractivity contribution >= 4 is 45.3 Å². The molecule has 0 aromatic rings. The second-order valence-corrected chi connectivity index (χ2v) is 10.7. The van der Waals surface area contributed by atoms with Gasteiger partial charge in [-0.1, -0.05) is 21.6 Å². The summed E-state index contributed by atoms with van der Waals surface area (Å²) in [6, 6.07) is -1.62. The third-order valence-electron chi connectivity index (χ3n) is 2.69. The van der Waals surface area contributed by atoms with E-state index < -0.39 is 35.2 Å². The average molecular weight is 437 g/mol. The fourth-order valence-electron chi connectivity index (χ4n) is 1.81. The van der Waals surface area contributed by atoms with Crippen LogP contribution in [0.3, 0.4) is 0 Å². The van der Waals surface area contributed by atoms with Crippen LogP contribution in [-0.4, -0.2) is 58.5 Å². The van der Waals surface area contributed by atoms with Crippen LogP contribution in [0.15, 0.2) is 0 Å². The van der Waals surface area contributed by atoms with E-state index >= 15 is 0 Å². The highest BCUT2D eigenvalue weighted by Crippen LogP contribution is 2.24. The van der Waals surface area contributed by atoms with Crippen molar-refractivity contribution in [2.75, 3.05) is 11.5 Å². The molecule has 28 heavy (non-hydrogen) atoms. The monoisotopic (exact) mass is 436 g/mol. The second-order valence-electron chi connectivity index (χ2n) is 8.14. The Morgan fingerprint density at radius 2 is 1.00 bits per heavy atom. The molecule has 0 spiro atoms. The first-order chi connectivity index (χ1) is 12.6. The van der Waals surface area contributed by atoms with Crippen molar-refractivity contribution in [3.63, 3.8) is 0 Å². The summed E-state index contributed by atoms with van der Waals surface area (Å²) in [5, 5.41) is 5.13. The van der Waals surface area contributed by atoms with E-state index in [9.17, 15) is 19.2 Å². The van der Waals surface area contributed by atoms with Crippen molar-refractivity contribution in [3.8, 4) is 0 Å². The molecule has 0 saturated carbocycles. The maximum Gasteiger partial charge on any atom is 0.330 e. The molecule has 0 saturated heterocycles. The quantitative estimate of drug-likeness (QED) is 0.321. The molecule has 0 bridgehead atoms. The minimum Gasteiger partial charge on any atom is -0.458 e. The van der Waals surface area contributed by atoms with Crippen LogP contribution in [0.5, 0.6) is 0 Å². The van der Waals surface area contributed by atoms with E-state index in [0.717, 1.165) is 0 Å². The number of hydrogen-bond donors (Lipinski definition) is 2. The van der Waals surface area contributed by atoms with Crippen molar-refractivity contribution in [3.05, 3.63) is 0 Å². The van der Waals surface area contributed by atoms with Gasteiger partial charge in [0.1, 0.15) is 23.3 Å². The summed E-state index contributed by atoms with van der Waals surface area (Å²) in [6.07, 6.45) is 0. The number of hydrogen-bond acceptors (Lipinski definition) is 8. The van der Waals surface area contributed by atoms with Crippen LogP contribution in [0.1, 0.15) is 55.4 Å². The van der Waals surface area contributed by atoms with Gasteiger partial charge in [0.05, 0.1) is 0 Å². The summed E-state index contributed by atoms with van der Waals surface area (Å²) >= 11 is 0. The van der Waals surface area contributed by atoms with Crippen LogP contribution in [0, 0.1) is 0 Å². The fourth-order valence-corrected chi connectivity index (χ4v) is 4.10. The van der Waals surface area contributed by atoms with Crippen LogP contribution < -0.4 is 10.6 Å². The summed E-state index contributed by atoms with van der Waals surface area (Å²) < 4.78 is 10.6. The lowest BCUT2D eigenvalue weighted by atomic mass is 10.2. The summed E-state index contributed by atoms with van der Waals surface area (Å²) in [5.41, 5.74) is -1.34. The van der Waals surface area contributed by atoms with Gasteiger partial charge in [0.15, 0.2) is 0 Å². The lowest BCUT2D eigenvalue weighted by molar-refractivity contribution is -0.158. The first kappa shape index (κ1) is 26.6. The SMILES string of the molecule is CC(=O)N[C@@H](CSSC[C@H](NC(C)=O)C(=O)OC(C)(C)C)C(=O)OC(C)(C)C. The van der Waals surface area contributed by atoms with Crippen LogP contribution in [0.25, 0.3) is 0 Å². The molecule has 2 atom stereocenters. The van der Waals surface area contributed by atoms with Crippen molar-refractivity contribution in [1.29, 1.82) is 0 Å². The molecule has 162 valence electrons. The number of amides is 2. The molecule has 10 heteroatoms. The van der Waals surface area contributed by atoms with Gasteiger partial charge in [-0.25, -0.2) is 9.59 Å². The summed E-state index contributed by atoms with van der Waals surface area (Å²) in [6.45, 7) is 13.1. The number of esters is 2.